The van der Waals surface area contributed by atoms with Crippen molar-refractivity contribution in [3.8, 4) is 23.1 Å². The quantitative estimate of drug-likeness (QED) is 0.774. The Kier molecular flexibility index (Phi) is 5.85. The van der Waals surface area contributed by atoms with Crippen molar-refractivity contribution in [3.63, 3.8) is 0 Å². The molecule has 7 nitrogen and oxygen atoms in total. The van der Waals surface area contributed by atoms with Gasteiger partial charge in [-0.05, 0) is 68.7 Å². The SMILES string of the molecule is CC(O)C1CCC(CNC(=O)c2cccnc2Oc2ccc3c(c2)OCO3)CC1. The second-order valence-corrected chi connectivity index (χ2v) is 7.70. The van der Waals surface area contributed by atoms with Gasteiger partial charge in [-0.2, -0.15) is 0 Å². The molecular weight excluding hydrogens is 372 g/mol. The number of benzene rings is 1. The first-order valence-corrected chi connectivity index (χ1v) is 10.1. The molecule has 7 heteroatoms. The molecule has 1 aromatic carbocycles. The van der Waals surface area contributed by atoms with Crippen molar-refractivity contribution >= 4 is 5.91 Å². The Hall–Kier alpha value is -2.80. The van der Waals surface area contributed by atoms with Gasteiger partial charge in [-0.3, -0.25) is 4.79 Å². The predicted octanol–water partition coefficient (Wildman–Crippen LogP) is 3.52. The third-order valence-electron chi connectivity index (χ3n) is 5.70. The van der Waals surface area contributed by atoms with Crippen molar-refractivity contribution in [3.05, 3.63) is 42.1 Å². The molecule has 1 aromatic heterocycles. The maximum absolute atomic E-state index is 12.7. The molecule has 1 amide bonds. The standard InChI is InChI=1S/C22H26N2O5/c1-14(25)16-6-4-15(5-7-16)12-24-21(26)18-3-2-10-23-22(18)29-17-8-9-19-20(11-17)28-13-27-19/h2-3,8-11,14-16,25H,4-7,12-13H2,1H3,(H,24,26). The van der Waals surface area contributed by atoms with Crippen LogP contribution in [0.2, 0.25) is 0 Å². The first-order chi connectivity index (χ1) is 14.1. The van der Waals surface area contributed by atoms with Gasteiger partial charge in [0.15, 0.2) is 11.5 Å². The number of aliphatic hydroxyl groups excluding tert-OH is 1. The van der Waals surface area contributed by atoms with E-state index in [4.69, 9.17) is 14.2 Å². The first kappa shape index (κ1) is 19.5. The highest BCUT2D eigenvalue weighted by Gasteiger charge is 2.25. The van der Waals surface area contributed by atoms with E-state index in [0.29, 0.717) is 41.2 Å². The molecule has 154 valence electrons. The lowest BCUT2D eigenvalue weighted by Crippen LogP contribution is -2.33. The van der Waals surface area contributed by atoms with E-state index < -0.39 is 0 Å². The lowest BCUT2D eigenvalue weighted by atomic mass is 9.80. The molecule has 1 atom stereocenters. The number of nitrogens with zero attached hydrogens (tertiary/aromatic N) is 1. The fourth-order valence-electron chi connectivity index (χ4n) is 3.90. The zero-order valence-electron chi connectivity index (χ0n) is 16.5. The Morgan fingerprint density at radius 1 is 1.24 bits per heavy atom. The summed E-state index contributed by atoms with van der Waals surface area (Å²) in [6.07, 6.45) is 5.38. The highest BCUT2D eigenvalue weighted by molar-refractivity contribution is 5.96. The Morgan fingerprint density at radius 3 is 2.83 bits per heavy atom. The predicted molar refractivity (Wildman–Crippen MR) is 106 cm³/mol. The smallest absolute Gasteiger partial charge is 0.256 e. The van der Waals surface area contributed by atoms with E-state index in [9.17, 15) is 9.90 Å². The molecule has 0 saturated heterocycles. The number of pyridine rings is 1. The lowest BCUT2D eigenvalue weighted by Gasteiger charge is -2.30. The second kappa shape index (κ2) is 8.69. The van der Waals surface area contributed by atoms with Gasteiger partial charge in [0.2, 0.25) is 12.7 Å². The number of aromatic nitrogens is 1. The van der Waals surface area contributed by atoms with Gasteiger partial charge in [0.25, 0.3) is 5.91 Å². The van der Waals surface area contributed by atoms with Crippen molar-refractivity contribution in [2.24, 2.45) is 11.8 Å². The summed E-state index contributed by atoms with van der Waals surface area (Å²) in [7, 11) is 0. The molecule has 1 aliphatic heterocycles. The summed E-state index contributed by atoms with van der Waals surface area (Å²) in [6, 6.07) is 8.66. The molecule has 0 spiro atoms. The monoisotopic (exact) mass is 398 g/mol. The third-order valence-corrected chi connectivity index (χ3v) is 5.70. The van der Waals surface area contributed by atoms with Crippen molar-refractivity contribution < 1.29 is 24.1 Å². The number of rotatable bonds is 6. The minimum absolute atomic E-state index is 0.190. The van der Waals surface area contributed by atoms with Crippen LogP contribution in [0.4, 0.5) is 0 Å². The van der Waals surface area contributed by atoms with Crippen LogP contribution in [-0.2, 0) is 0 Å². The fraction of sp³-hybridized carbons (Fsp3) is 0.455. The number of hydrogen-bond donors (Lipinski definition) is 2. The summed E-state index contributed by atoms with van der Waals surface area (Å²) in [5, 5.41) is 12.7. The molecule has 1 saturated carbocycles. The molecule has 1 aliphatic carbocycles. The minimum atomic E-state index is -0.253. The average Bonchev–Trinajstić information content (AvgIpc) is 3.20. The summed E-state index contributed by atoms with van der Waals surface area (Å²) in [4.78, 5) is 17.0. The topological polar surface area (TPSA) is 89.9 Å². The molecule has 0 bridgehead atoms. The number of amides is 1. The molecule has 2 aromatic rings. The molecule has 2 N–H and O–H groups in total. The highest BCUT2D eigenvalue weighted by atomic mass is 16.7. The Bertz CT molecular complexity index is 862. The van der Waals surface area contributed by atoms with Crippen molar-refractivity contribution in [2.75, 3.05) is 13.3 Å². The van der Waals surface area contributed by atoms with Crippen LogP contribution < -0.4 is 19.5 Å². The van der Waals surface area contributed by atoms with Crippen molar-refractivity contribution in [1.29, 1.82) is 0 Å². The van der Waals surface area contributed by atoms with Crippen LogP contribution in [0, 0.1) is 11.8 Å². The molecular formula is C22H26N2O5. The maximum atomic E-state index is 12.7. The van der Waals surface area contributed by atoms with E-state index in [0.717, 1.165) is 25.7 Å². The number of aliphatic hydroxyl groups is 1. The average molecular weight is 398 g/mol. The van der Waals surface area contributed by atoms with E-state index in [-0.39, 0.29) is 24.7 Å². The number of hydrogen-bond acceptors (Lipinski definition) is 6. The van der Waals surface area contributed by atoms with Gasteiger partial charge in [-0.25, -0.2) is 4.98 Å². The summed E-state index contributed by atoms with van der Waals surface area (Å²) >= 11 is 0. The molecule has 1 fully saturated rings. The summed E-state index contributed by atoms with van der Waals surface area (Å²) in [5.74, 6) is 2.66. The fourth-order valence-corrected chi connectivity index (χ4v) is 3.90. The zero-order chi connectivity index (χ0) is 20.2. The summed E-state index contributed by atoms with van der Waals surface area (Å²) in [5.41, 5.74) is 0.392. The van der Waals surface area contributed by atoms with Crippen LogP contribution in [0.15, 0.2) is 36.5 Å². The molecule has 1 unspecified atom stereocenters. The van der Waals surface area contributed by atoms with Crippen molar-refractivity contribution in [1.82, 2.24) is 10.3 Å². The first-order valence-electron chi connectivity index (χ1n) is 10.1. The van der Waals surface area contributed by atoms with Gasteiger partial charge in [0.1, 0.15) is 11.3 Å². The van der Waals surface area contributed by atoms with Crippen LogP contribution in [-0.4, -0.2) is 35.4 Å². The van der Waals surface area contributed by atoms with Crippen molar-refractivity contribution in [2.45, 2.75) is 38.7 Å². The molecule has 4 rings (SSSR count). The number of nitrogens with one attached hydrogen (secondary N) is 1. The summed E-state index contributed by atoms with van der Waals surface area (Å²) in [6.45, 7) is 2.66. The number of ether oxygens (including phenoxy) is 3. The lowest BCUT2D eigenvalue weighted by molar-refractivity contribution is 0.0839. The van der Waals surface area contributed by atoms with Gasteiger partial charge in [0.05, 0.1) is 6.10 Å². The van der Waals surface area contributed by atoms with Gasteiger partial charge >= 0.3 is 0 Å². The summed E-state index contributed by atoms with van der Waals surface area (Å²) < 4.78 is 16.5. The minimum Gasteiger partial charge on any atom is -0.454 e. The Balaban J connectivity index is 1.37. The van der Waals surface area contributed by atoms with Gasteiger partial charge < -0.3 is 24.6 Å². The third kappa shape index (κ3) is 4.62. The Morgan fingerprint density at radius 2 is 2.03 bits per heavy atom. The van der Waals surface area contributed by atoms with E-state index in [1.807, 2.05) is 6.92 Å². The van der Waals surface area contributed by atoms with Crippen LogP contribution in [0.5, 0.6) is 23.1 Å². The van der Waals surface area contributed by atoms with Gasteiger partial charge in [0, 0.05) is 18.8 Å². The Labute approximate surface area is 170 Å². The molecule has 2 heterocycles. The van der Waals surface area contributed by atoms with Gasteiger partial charge in [-0.15, -0.1) is 0 Å². The van der Waals surface area contributed by atoms with E-state index in [1.54, 1.807) is 36.5 Å². The highest BCUT2D eigenvalue weighted by Crippen LogP contribution is 2.36. The largest absolute Gasteiger partial charge is 0.454 e. The van der Waals surface area contributed by atoms with Crippen LogP contribution in [0.1, 0.15) is 43.0 Å². The van der Waals surface area contributed by atoms with Gasteiger partial charge in [-0.1, -0.05) is 0 Å². The number of carbonyl (C=O) groups excluding carboxylic acids is 1. The second-order valence-electron chi connectivity index (χ2n) is 7.70. The van der Waals surface area contributed by atoms with Crippen LogP contribution in [0.3, 0.4) is 0 Å². The van der Waals surface area contributed by atoms with E-state index >= 15 is 0 Å². The van der Waals surface area contributed by atoms with E-state index in [2.05, 4.69) is 10.3 Å². The molecule has 2 aliphatic rings. The number of carbonyl (C=O) groups is 1. The molecule has 29 heavy (non-hydrogen) atoms. The van der Waals surface area contributed by atoms with E-state index in [1.165, 1.54) is 0 Å². The normalized spacial score (nSPS) is 21.4. The van der Waals surface area contributed by atoms with Crippen LogP contribution >= 0.6 is 0 Å². The maximum Gasteiger partial charge on any atom is 0.256 e. The molecule has 0 radical (unpaired) electrons. The zero-order valence-corrected chi connectivity index (χ0v) is 16.5. The van der Waals surface area contributed by atoms with Crippen LogP contribution in [0.25, 0.3) is 0 Å². The number of fused-ring (bicyclic) bond motifs is 1.